The van der Waals surface area contributed by atoms with E-state index in [2.05, 4.69) is 4.98 Å². The van der Waals surface area contributed by atoms with Crippen molar-refractivity contribution in [2.75, 3.05) is 21.0 Å². The van der Waals surface area contributed by atoms with Crippen LogP contribution in [-0.2, 0) is 4.74 Å². The molecule has 1 rings (SSSR count). The first-order valence-corrected chi connectivity index (χ1v) is 3.97. The van der Waals surface area contributed by atoms with Crippen molar-refractivity contribution in [3.8, 4) is 11.5 Å². The van der Waals surface area contributed by atoms with Crippen molar-refractivity contribution in [2.24, 2.45) is 0 Å². The maximum Gasteiger partial charge on any atom is 0.201 e. The minimum atomic E-state index is 0.113. The van der Waals surface area contributed by atoms with Gasteiger partial charge in [-0.2, -0.15) is 0 Å². The summed E-state index contributed by atoms with van der Waals surface area (Å²) in [6.07, 6.45) is 1.54. The van der Waals surface area contributed by atoms with E-state index in [-0.39, 0.29) is 11.9 Å². The SMILES string of the molecule is COCOc1c(OC)ccnc1Cl. The molecule has 0 amide bonds. The lowest BCUT2D eigenvalue weighted by atomic mass is 10.4. The lowest BCUT2D eigenvalue weighted by molar-refractivity contribution is 0.0489. The Hall–Kier alpha value is -1.00. The van der Waals surface area contributed by atoms with Gasteiger partial charge in [0.05, 0.1) is 7.11 Å². The maximum absolute atomic E-state index is 5.77. The first kappa shape index (κ1) is 10.1. The molecular weight excluding hydrogens is 194 g/mol. The van der Waals surface area contributed by atoms with Crippen LogP contribution in [0.4, 0.5) is 0 Å². The number of hydrogen-bond donors (Lipinski definition) is 0. The second kappa shape index (κ2) is 4.89. The predicted octanol–water partition coefficient (Wildman–Crippen LogP) is 1.73. The second-order valence-corrected chi connectivity index (χ2v) is 2.54. The average molecular weight is 204 g/mol. The molecule has 0 aromatic carbocycles. The van der Waals surface area contributed by atoms with Gasteiger partial charge in [0.15, 0.2) is 17.7 Å². The van der Waals surface area contributed by atoms with Gasteiger partial charge in [-0.05, 0) is 0 Å². The highest BCUT2D eigenvalue weighted by Crippen LogP contribution is 2.32. The molecule has 0 spiro atoms. The number of halogens is 1. The molecule has 0 aliphatic heterocycles. The van der Waals surface area contributed by atoms with E-state index in [9.17, 15) is 0 Å². The summed E-state index contributed by atoms with van der Waals surface area (Å²) < 4.78 is 14.9. The van der Waals surface area contributed by atoms with Crippen molar-refractivity contribution in [3.63, 3.8) is 0 Å². The Morgan fingerprint density at radius 3 is 2.85 bits per heavy atom. The molecule has 13 heavy (non-hydrogen) atoms. The van der Waals surface area contributed by atoms with Crippen molar-refractivity contribution >= 4 is 11.6 Å². The highest BCUT2D eigenvalue weighted by Gasteiger charge is 2.09. The summed E-state index contributed by atoms with van der Waals surface area (Å²) in [5, 5.41) is 0.261. The van der Waals surface area contributed by atoms with Gasteiger partial charge in [0.2, 0.25) is 5.75 Å². The molecule has 0 aliphatic carbocycles. The summed E-state index contributed by atoms with van der Waals surface area (Å²) in [7, 11) is 3.06. The van der Waals surface area contributed by atoms with Crippen molar-refractivity contribution in [1.82, 2.24) is 4.98 Å². The minimum absolute atomic E-state index is 0.113. The lowest BCUT2D eigenvalue weighted by Gasteiger charge is -2.09. The quantitative estimate of drug-likeness (QED) is 0.552. The number of rotatable bonds is 4. The van der Waals surface area contributed by atoms with E-state index in [4.69, 9.17) is 25.8 Å². The molecule has 72 valence electrons. The lowest BCUT2D eigenvalue weighted by Crippen LogP contribution is -2.01. The molecule has 0 saturated carbocycles. The molecule has 0 radical (unpaired) electrons. The zero-order chi connectivity index (χ0) is 9.68. The summed E-state index contributed by atoms with van der Waals surface area (Å²) in [6.45, 7) is 0.113. The molecule has 0 saturated heterocycles. The predicted molar refractivity (Wildman–Crippen MR) is 48.3 cm³/mol. The van der Waals surface area contributed by atoms with Crippen LogP contribution in [0.15, 0.2) is 12.3 Å². The fraction of sp³-hybridized carbons (Fsp3) is 0.375. The van der Waals surface area contributed by atoms with E-state index in [0.29, 0.717) is 11.5 Å². The third-order valence-corrected chi connectivity index (χ3v) is 1.64. The van der Waals surface area contributed by atoms with Gasteiger partial charge in [-0.3, -0.25) is 0 Å². The topological polar surface area (TPSA) is 40.6 Å². The van der Waals surface area contributed by atoms with Gasteiger partial charge >= 0.3 is 0 Å². The summed E-state index contributed by atoms with van der Waals surface area (Å²) in [4.78, 5) is 3.85. The van der Waals surface area contributed by atoms with Crippen LogP contribution >= 0.6 is 11.6 Å². The fourth-order valence-corrected chi connectivity index (χ4v) is 1.02. The van der Waals surface area contributed by atoms with E-state index in [0.717, 1.165) is 0 Å². The number of aromatic nitrogens is 1. The number of nitrogens with zero attached hydrogens (tertiary/aromatic N) is 1. The zero-order valence-electron chi connectivity index (χ0n) is 7.41. The number of methoxy groups -OCH3 is 2. The third kappa shape index (κ3) is 2.47. The van der Waals surface area contributed by atoms with Gasteiger partial charge in [0.25, 0.3) is 0 Å². The molecule has 0 atom stereocenters. The normalized spacial score (nSPS) is 9.77. The van der Waals surface area contributed by atoms with E-state index < -0.39 is 0 Å². The molecular formula is C8H10ClNO3. The van der Waals surface area contributed by atoms with Crippen molar-refractivity contribution in [3.05, 3.63) is 17.4 Å². The Morgan fingerprint density at radius 2 is 2.23 bits per heavy atom. The van der Waals surface area contributed by atoms with Gasteiger partial charge in [0.1, 0.15) is 0 Å². The Kier molecular flexibility index (Phi) is 3.79. The van der Waals surface area contributed by atoms with Gasteiger partial charge < -0.3 is 14.2 Å². The fourth-order valence-electron chi connectivity index (χ4n) is 0.816. The van der Waals surface area contributed by atoms with Gasteiger partial charge in [0, 0.05) is 19.4 Å². The Bertz CT molecular complexity index is 280. The number of ether oxygens (including phenoxy) is 3. The molecule has 0 bridgehead atoms. The highest BCUT2D eigenvalue weighted by molar-refractivity contribution is 6.31. The summed E-state index contributed by atoms with van der Waals surface area (Å²) in [5.41, 5.74) is 0. The first-order chi connectivity index (χ1) is 6.29. The van der Waals surface area contributed by atoms with Crippen molar-refractivity contribution < 1.29 is 14.2 Å². The molecule has 1 heterocycles. The summed E-state index contributed by atoms with van der Waals surface area (Å²) >= 11 is 5.77. The van der Waals surface area contributed by atoms with E-state index in [1.165, 1.54) is 14.2 Å². The van der Waals surface area contributed by atoms with E-state index >= 15 is 0 Å². The van der Waals surface area contributed by atoms with E-state index in [1.54, 1.807) is 12.3 Å². The van der Waals surface area contributed by atoms with Crippen LogP contribution in [0, 0.1) is 0 Å². The molecule has 0 unspecified atom stereocenters. The van der Waals surface area contributed by atoms with Crippen LogP contribution in [0.2, 0.25) is 5.15 Å². The average Bonchev–Trinajstić information content (AvgIpc) is 2.15. The van der Waals surface area contributed by atoms with Gasteiger partial charge in [-0.15, -0.1) is 0 Å². The maximum atomic E-state index is 5.77. The van der Waals surface area contributed by atoms with Crippen LogP contribution in [-0.4, -0.2) is 26.0 Å². The smallest absolute Gasteiger partial charge is 0.201 e. The minimum Gasteiger partial charge on any atom is -0.493 e. The molecule has 1 aromatic rings. The Labute approximate surface area is 81.4 Å². The third-order valence-electron chi connectivity index (χ3n) is 1.37. The molecule has 4 nitrogen and oxygen atoms in total. The number of hydrogen-bond acceptors (Lipinski definition) is 4. The molecule has 5 heteroatoms. The van der Waals surface area contributed by atoms with Crippen LogP contribution in [0.3, 0.4) is 0 Å². The second-order valence-electron chi connectivity index (χ2n) is 2.18. The summed E-state index contributed by atoms with van der Waals surface area (Å²) in [5.74, 6) is 0.936. The van der Waals surface area contributed by atoms with Crippen LogP contribution < -0.4 is 9.47 Å². The molecule has 0 aliphatic rings. The van der Waals surface area contributed by atoms with Crippen LogP contribution in [0.1, 0.15) is 0 Å². The van der Waals surface area contributed by atoms with E-state index in [1.807, 2.05) is 0 Å². The van der Waals surface area contributed by atoms with Crippen LogP contribution in [0.5, 0.6) is 11.5 Å². The van der Waals surface area contributed by atoms with Crippen molar-refractivity contribution in [2.45, 2.75) is 0 Å². The largest absolute Gasteiger partial charge is 0.493 e. The Balaban J connectivity index is 2.87. The monoisotopic (exact) mass is 203 g/mol. The number of pyridine rings is 1. The van der Waals surface area contributed by atoms with Gasteiger partial charge in [-0.25, -0.2) is 4.98 Å². The van der Waals surface area contributed by atoms with Crippen LogP contribution in [0.25, 0.3) is 0 Å². The summed E-state index contributed by atoms with van der Waals surface area (Å²) in [6, 6.07) is 1.66. The highest BCUT2D eigenvalue weighted by atomic mass is 35.5. The van der Waals surface area contributed by atoms with Gasteiger partial charge in [-0.1, -0.05) is 11.6 Å². The molecule has 1 aromatic heterocycles. The Morgan fingerprint density at radius 1 is 1.46 bits per heavy atom. The molecule has 0 N–H and O–H groups in total. The zero-order valence-corrected chi connectivity index (χ0v) is 8.17. The molecule has 0 fully saturated rings. The first-order valence-electron chi connectivity index (χ1n) is 3.59. The standard InChI is InChI=1S/C8H10ClNO3/c1-11-5-13-7-6(12-2)3-4-10-8(7)9/h3-4H,5H2,1-2H3. The van der Waals surface area contributed by atoms with Crippen molar-refractivity contribution in [1.29, 1.82) is 0 Å².